The van der Waals surface area contributed by atoms with Crippen LogP contribution in [0.4, 0.5) is 0 Å². The number of rotatable bonds is 3. The molecule has 2 fully saturated rings. The molecule has 1 saturated heterocycles. The highest BCUT2D eigenvalue weighted by atomic mass is 35.5. The molecule has 1 saturated carbocycles. The topological polar surface area (TPSA) is 37.4 Å². The Labute approximate surface area is 113 Å². The van der Waals surface area contributed by atoms with E-state index in [1.807, 2.05) is 0 Å². The van der Waals surface area contributed by atoms with Crippen molar-refractivity contribution in [3.05, 3.63) is 29.3 Å². The second kappa shape index (κ2) is 4.51. The minimum atomic E-state index is -3.42. The lowest BCUT2D eigenvalue weighted by Crippen LogP contribution is -2.36. The van der Waals surface area contributed by atoms with Crippen LogP contribution >= 0.6 is 11.6 Å². The molecule has 0 aromatic heterocycles. The zero-order valence-electron chi connectivity index (χ0n) is 10.0. The molecule has 5 heteroatoms. The fourth-order valence-electron chi connectivity index (χ4n) is 2.80. The summed E-state index contributed by atoms with van der Waals surface area (Å²) < 4.78 is 27.0. The van der Waals surface area contributed by atoms with Gasteiger partial charge < -0.3 is 0 Å². The molecule has 1 aliphatic heterocycles. The summed E-state index contributed by atoms with van der Waals surface area (Å²) >= 11 is 6.02. The highest BCUT2D eigenvalue weighted by Crippen LogP contribution is 2.42. The number of hydrogen-bond donors (Lipinski definition) is 0. The van der Waals surface area contributed by atoms with Gasteiger partial charge in [0.25, 0.3) is 0 Å². The Morgan fingerprint density at radius 3 is 2.56 bits per heavy atom. The van der Waals surface area contributed by atoms with E-state index in [-0.39, 0.29) is 10.9 Å². The van der Waals surface area contributed by atoms with Gasteiger partial charge in [-0.15, -0.1) is 0 Å². The standard InChI is InChI=1S/C13H16ClNO2S/c14-11-4-1-2-6-13(11)18(16,17)15-9-3-5-12(15)10-7-8-10/h1-2,4,6,10,12H,3,5,7-9H2. The molecule has 98 valence electrons. The van der Waals surface area contributed by atoms with Crippen LogP contribution in [-0.2, 0) is 10.0 Å². The number of hydrogen-bond acceptors (Lipinski definition) is 2. The average Bonchev–Trinajstić information content (AvgIpc) is 3.06. The summed E-state index contributed by atoms with van der Waals surface area (Å²) in [4.78, 5) is 0.249. The molecule has 1 aromatic carbocycles. The molecule has 1 unspecified atom stereocenters. The monoisotopic (exact) mass is 285 g/mol. The van der Waals surface area contributed by atoms with E-state index in [0.29, 0.717) is 17.5 Å². The molecule has 0 N–H and O–H groups in total. The third-order valence-electron chi connectivity index (χ3n) is 3.84. The summed E-state index contributed by atoms with van der Waals surface area (Å²) in [6.45, 7) is 0.634. The van der Waals surface area contributed by atoms with E-state index in [0.717, 1.165) is 12.8 Å². The maximum absolute atomic E-state index is 12.6. The van der Waals surface area contributed by atoms with Gasteiger partial charge in [-0.2, -0.15) is 4.31 Å². The minimum absolute atomic E-state index is 0.200. The maximum Gasteiger partial charge on any atom is 0.244 e. The molecule has 3 rings (SSSR count). The predicted octanol–water partition coefficient (Wildman–Crippen LogP) is 2.90. The van der Waals surface area contributed by atoms with E-state index < -0.39 is 10.0 Å². The molecule has 1 atom stereocenters. The van der Waals surface area contributed by atoms with Gasteiger partial charge in [0, 0.05) is 12.6 Å². The first-order valence-corrected chi connectivity index (χ1v) is 8.19. The predicted molar refractivity (Wildman–Crippen MR) is 71.1 cm³/mol. The van der Waals surface area contributed by atoms with Gasteiger partial charge in [0.2, 0.25) is 10.0 Å². The Bertz CT molecular complexity index is 554. The smallest absolute Gasteiger partial charge is 0.207 e. The zero-order valence-corrected chi connectivity index (χ0v) is 11.6. The molecule has 18 heavy (non-hydrogen) atoms. The number of sulfonamides is 1. The van der Waals surface area contributed by atoms with Crippen LogP contribution < -0.4 is 0 Å². The van der Waals surface area contributed by atoms with E-state index >= 15 is 0 Å². The van der Waals surface area contributed by atoms with E-state index in [1.165, 1.54) is 12.8 Å². The maximum atomic E-state index is 12.6. The molecule has 1 aromatic rings. The van der Waals surface area contributed by atoms with Gasteiger partial charge in [-0.25, -0.2) is 8.42 Å². The van der Waals surface area contributed by atoms with Crippen molar-refractivity contribution in [1.82, 2.24) is 4.31 Å². The van der Waals surface area contributed by atoms with Gasteiger partial charge in [-0.05, 0) is 43.7 Å². The Morgan fingerprint density at radius 2 is 1.89 bits per heavy atom. The first-order chi connectivity index (χ1) is 8.60. The normalized spacial score (nSPS) is 25.5. The molecule has 2 aliphatic rings. The Balaban J connectivity index is 1.97. The molecule has 0 spiro atoms. The van der Waals surface area contributed by atoms with Crippen molar-refractivity contribution in [2.24, 2.45) is 5.92 Å². The minimum Gasteiger partial charge on any atom is -0.207 e. The first kappa shape index (κ1) is 12.5. The summed E-state index contributed by atoms with van der Waals surface area (Å²) in [6, 6.07) is 6.91. The van der Waals surface area contributed by atoms with Crippen molar-refractivity contribution in [3.8, 4) is 0 Å². The number of nitrogens with zero attached hydrogens (tertiary/aromatic N) is 1. The van der Waals surface area contributed by atoms with E-state index in [1.54, 1.807) is 28.6 Å². The largest absolute Gasteiger partial charge is 0.244 e. The van der Waals surface area contributed by atoms with Gasteiger partial charge in [-0.1, -0.05) is 23.7 Å². The number of benzene rings is 1. The SMILES string of the molecule is O=S(=O)(c1ccccc1Cl)N1CCCC1C1CC1. The molecular formula is C13H16ClNO2S. The van der Waals surface area contributed by atoms with E-state index in [9.17, 15) is 8.42 Å². The summed E-state index contributed by atoms with van der Waals surface area (Å²) in [5, 5.41) is 0.318. The van der Waals surface area contributed by atoms with Crippen LogP contribution in [0.25, 0.3) is 0 Å². The Morgan fingerprint density at radius 1 is 1.17 bits per heavy atom. The average molecular weight is 286 g/mol. The van der Waals surface area contributed by atoms with Crippen molar-refractivity contribution < 1.29 is 8.42 Å². The van der Waals surface area contributed by atoms with Crippen LogP contribution in [0, 0.1) is 5.92 Å². The van der Waals surface area contributed by atoms with E-state index in [4.69, 9.17) is 11.6 Å². The molecule has 1 heterocycles. The molecule has 3 nitrogen and oxygen atoms in total. The highest BCUT2D eigenvalue weighted by Gasteiger charge is 2.43. The third kappa shape index (κ3) is 2.06. The van der Waals surface area contributed by atoms with Crippen LogP contribution in [0.1, 0.15) is 25.7 Å². The fraction of sp³-hybridized carbons (Fsp3) is 0.538. The van der Waals surface area contributed by atoms with Crippen molar-refractivity contribution in [1.29, 1.82) is 0 Å². The second-order valence-electron chi connectivity index (χ2n) is 5.09. The summed E-state index contributed by atoms with van der Waals surface area (Å²) in [5.41, 5.74) is 0. The van der Waals surface area contributed by atoms with E-state index in [2.05, 4.69) is 0 Å². The van der Waals surface area contributed by atoms with Crippen molar-refractivity contribution >= 4 is 21.6 Å². The van der Waals surface area contributed by atoms with Crippen molar-refractivity contribution in [2.75, 3.05) is 6.54 Å². The van der Waals surface area contributed by atoms with Crippen LogP contribution in [0.5, 0.6) is 0 Å². The molecule has 0 amide bonds. The molecule has 0 radical (unpaired) electrons. The Hall–Kier alpha value is -0.580. The third-order valence-corrected chi connectivity index (χ3v) is 6.26. The van der Waals surface area contributed by atoms with Crippen LogP contribution in [0.15, 0.2) is 29.2 Å². The van der Waals surface area contributed by atoms with Crippen molar-refractivity contribution in [2.45, 2.75) is 36.6 Å². The van der Waals surface area contributed by atoms with Crippen molar-refractivity contribution in [3.63, 3.8) is 0 Å². The lowest BCUT2D eigenvalue weighted by atomic mass is 10.1. The fourth-order valence-corrected chi connectivity index (χ4v) is 5.05. The second-order valence-corrected chi connectivity index (χ2v) is 7.36. The highest BCUT2D eigenvalue weighted by molar-refractivity contribution is 7.89. The lowest BCUT2D eigenvalue weighted by molar-refractivity contribution is 0.356. The molecule has 0 bridgehead atoms. The summed E-state index contributed by atoms with van der Waals surface area (Å²) in [7, 11) is -3.42. The van der Waals surface area contributed by atoms with Gasteiger partial charge in [0.1, 0.15) is 4.90 Å². The van der Waals surface area contributed by atoms with Gasteiger partial charge in [0.15, 0.2) is 0 Å². The lowest BCUT2D eigenvalue weighted by Gasteiger charge is -2.24. The van der Waals surface area contributed by atoms with Gasteiger partial charge >= 0.3 is 0 Å². The summed E-state index contributed by atoms with van der Waals surface area (Å²) in [6.07, 6.45) is 4.29. The molecule has 1 aliphatic carbocycles. The quantitative estimate of drug-likeness (QED) is 0.856. The molecular weight excluding hydrogens is 270 g/mol. The summed E-state index contributed by atoms with van der Waals surface area (Å²) in [5.74, 6) is 0.574. The Kier molecular flexibility index (Phi) is 3.12. The van der Waals surface area contributed by atoms with Gasteiger partial charge in [0.05, 0.1) is 5.02 Å². The zero-order chi connectivity index (χ0) is 12.8. The van der Waals surface area contributed by atoms with Crippen LogP contribution in [-0.4, -0.2) is 25.3 Å². The van der Waals surface area contributed by atoms with Crippen LogP contribution in [0.3, 0.4) is 0 Å². The van der Waals surface area contributed by atoms with Gasteiger partial charge in [-0.3, -0.25) is 0 Å². The number of halogens is 1. The van der Waals surface area contributed by atoms with Crippen LogP contribution in [0.2, 0.25) is 5.02 Å². The first-order valence-electron chi connectivity index (χ1n) is 6.37.